The molecule has 1 fully saturated rings. The molecule has 2 N–H and O–H groups in total. The normalized spacial score (nSPS) is 16.3. The summed E-state index contributed by atoms with van der Waals surface area (Å²) in [5.41, 5.74) is 0.407. The van der Waals surface area contributed by atoms with Crippen molar-refractivity contribution in [1.82, 2.24) is 10.6 Å². The lowest BCUT2D eigenvalue weighted by Crippen LogP contribution is -2.54. The molecule has 0 bridgehead atoms. The molecule has 0 radical (unpaired) electrons. The number of carbonyl (C=O) groups excluding carboxylic acids is 1. The lowest BCUT2D eigenvalue weighted by Gasteiger charge is -2.34. The molecular weight excluding hydrogens is 320 g/mol. The lowest BCUT2D eigenvalue weighted by atomic mass is 9.91. The zero-order chi connectivity index (χ0) is 18.1. The number of hydrogen-bond donors (Lipinski definition) is 2. The molecule has 0 unspecified atom stereocenters. The second-order valence-corrected chi connectivity index (χ2v) is 6.10. The van der Waals surface area contributed by atoms with Crippen molar-refractivity contribution < 1.29 is 19.0 Å². The number of benzene rings is 1. The molecule has 0 aliphatic carbocycles. The number of carbonyl (C=O) groups is 1. The minimum Gasteiger partial charge on any atom is -0.490 e. The van der Waals surface area contributed by atoms with Crippen LogP contribution < -0.4 is 20.1 Å². The Balaban J connectivity index is 1.92. The van der Waals surface area contributed by atoms with E-state index >= 15 is 0 Å². The van der Waals surface area contributed by atoms with Crippen LogP contribution in [0.15, 0.2) is 18.2 Å². The highest BCUT2D eigenvalue weighted by Gasteiger charge is 2.39. The Morgan fingerprint density at radius 3 is 2.48 bits per heavy atom. The zero-order valence-corrected chi connectivity index (χ0v) is 15.5. The SMILES string of the molecule is CCOc1ccc(CCNC(=O)C2(OC)CCNCC2)cc1OCC. The fraction of sp³-hybridized carbons (Fsp3) is 0.632. The van der Waals surface area contributed by atoms with Crippen molar-refractivity contribution in [2.24, 2.45) is 0 Å². The molecule has 1 amide bonds. The van der Waals surface area contributed by atoms with Gasteiger partial charge in [0.25, 0.3) is 5.91 Å². The number of piperidine rings is 1. The van der Waals surface area contributed by atoms with E-state index in [-0.39, 0.29) is 5.91 Å². The van der Waals surface area contributed by atoms with Crippen LogP contribution in [0.25, 0.3) is 0 Å². The van der Waals surface area contributed by atoms with Gasteiger partial charge in [0.05, 0.1) is 13.2 Å². The van der Waals surface area contributed by atoms with Crippen LogP contribution in [0.4, 0.5) is 0 Å². The fourth-order valence-electron chi connectivity index (χ4n) is 3.09. The summed E-state index contributed by atoms with van der Waals surface area (Å²) < 4.78 is 16.8. The summed E-state index contributed by atoms with van der Waals surface area (Å²) in [4.78, 5) is 12.5. The Hall–Kier alpha value is -1.79. The maximum Gasteiger partial charge on any atom is 0.252 e. The fourth-order valence-corrected chi connectivity index (χ4v) is 3.09. The molecule has 1 aliphatic rings. The summed E-state index contributed by atoms with van der Waals surface area (Å²) in [6, 6.07) is 5.92. The van der Waals surface area contributed by atoms with Crippen LogP contribution in [0, 0.1) is 0 Å². The van der Waals surface area contributed by atoms with Crippen molar-refractivity contribution in [2.45, 2.75) is 38.7 Å². The standard InChI is InChI=1S/C19H30N2O4/c1-4-24-16-7-6-15(14-17(16)25-5-2)8-11-21-18(22)19(23-3)9-12-20-13-10-19/h6-7,14,20H,4-5,8-13H2,1-3H3,(H,21,22). The summed E-state index contributed by atoms with van der Waals surface area (Å²) in [7, 11) is 1.62. The van der Waals surface area contributed by atoms with Crippen molar-refractivity contribution in [3.63, 3.8) is 0 Å². The highest BCUT2D eigenvalue weighted by atomic mass is 16.5. The average Bonchev–Trinajstić information content (AvgIpc) is 2.64. The van der Waals surface area contributed by atoms with Crippen molar-refractivity contribution in [3.05, 3.63) is 23.8 Å². The molecule has 6 heteroatoms. The van der Waals surface area contributed by atoms with E-state index in [0.717, 1.165) is 36.6 Å². The molecule has 6 nitrogen and oxygen atoms in total. The quantitative estimate of drug-likeness (QED) is 0.712. The Kier molecular flexibility index (Phi) is 7.52. The van der Waals surface area contributed by atoms with Gasteiger partial charge in [-0.25, -0.2) is 0 Å². The first-order valence-corrected chi connectivity index (χ1v) is 9.08. The third kappa shape index (κ3) is 5.09. The lowest BCUT2D eigenvalue weighted by molar-refractivity contribution is -0.146. The molecule has 140 valence electrons. The summed E-state index contributed by atoms with van der Waals surface area (Å²) >= 11 is 0. The first-order chi connectivity index (χ1) is 12.1. The van der Waals surface area contributed by atoms with Crippen molar-refractivity contribution in [3.8, 4) is 11.5 Å². The highest BCUT2D eigenvalue weighted by Crippen LogP contribution is 2.28. The van der Waals surface area contributed by atoms with E-state index < -0.39 is 5.60 Å². The number of methoxy groups -OCH3 is 1. The van der Waals surface area contributed by atoms with Crippen LogP contribution in [0.3, 0.4) is 0 Å². The smallest absolute Gasteiger partial charge is 0.252 e. The summed E-state index contributed by atoms with van der Waals surface area (Å²) in [6.07, 6.45) is 2.13. The van der Waals surface area contributed by atoms with Gasteiger partial charge in [0.15, 0.2) is 11.5 Å². The summed E-state index contributed by atoms with van der Waals surface area (Å²) in [5.74, 6) is 1.48. The topological polar surface area (TPSA) is 68.8 Å². The van der Waals surface area contributed by atoms with Crippen LogP contribution >= 0.6 is 0 Å². The number of hydrogen-bond acceptors (Lipinski definition) is 5. The van der Waals surface area contributed by atoms with E-state index in [9.17, 15) is 4.79 Å². The van der Waals surface area contributed by atoms with Gasteiger partial charge in [0.1, 0.15) is 5.60 Å². The van der Waals surface area contributed by atoms with Gasteiger partial charge in [0.2, 0.25) is 0 Å². The second kappa shape index (κ2) is 9.63. The minimum atomic E-state index is -0.694. The monoisotopic (exact) mass is 350 g/mol. The molecule has 1 heterocycles. The van der Waals surface area contributed by atoms with Gasteiger partial charge in [0, 0.05) is 13.7 Å². The first-order valence-electron chi connectivity index (χ1n) is 9.08. The molecule has 1 aromatic carbocycles. The summed E-state index contributed by atoms with van der Waals surface area (Å²) in [6.45, 7) is 7.26. The van der Waals surface area contributed by atoms with Gasteiger partial charge in [-0.05, 0) is 63.9 Å². The predicted octanol–water partition coefficient (Wildman–Crippen LogP) is 1.91. The maximum absolute atomic E-state index is 12.5. The molecule has 0 saturated carbocycles. The van der Waals surface area contributed by atoms with Gasteiger partial charge >= 0.3 is 0 Å². The Bertz CT molecular complexity index is 556. The van der Waals surface area contributed by atoms with Gasteiger partial charge in [-0.3, -0.25) is 4.79 Å². The van der Waals surface area contributed by atoms with Gasteiger partial charge in [-0.2, -0.15) is 0 Å². The van der Waals surface area contributed by atoms with E-state index in [0.29, 0.717) is 32.6 Å². The molecule has 0 aromatic heterocycles. The third-order valence-electron chi connectivity index (χ3n) is 4.52. The maximum atomic E-state index is 12.5. The van der Waals surface area contributed by atoms with Crippen molar-refractivity contribution in [1.29, 1.82) is 0 Å². The van der Waals surface area contributed by atoms with Crippen LogP contribution in [0.5, 0.6) is 11.5 Å². The highest BCUT2D eigenvalue weighted by molar-refractivity contribution is 5.85. The molecule has 1 saturated heterocycles. The van der Waals surface area contributed by atoms with Crippen LogP contribution in [-0.2, 0) is 16.0 Å². The number of rotatable bonds is 9. The third-order valence-corrected chi connectivity index (χ3v) is 4.52. The Morgan fingerprint density at radius 1 is 1.16 bits per heavy atom. The van der Waals surface area contributed by atoms with E-state index in [1.807, 2.05) is 32.0 Å². The molecule has 0 spiro atoms. The van der Waals surface area contributed by atoms with E-state index in [4.69, 9.17) is 14.2 Å². The van der Waals surface area contributed by atoms with Gasteiger partial charge < -0.3 is 24.8 Å². The van der Waals surface area contributed by atoms with Gasteiger partial charge in [-0.15, -0.1) is 0 Å². The minimum absolute atomic E-state index is 0.0209. The largest absolute Gasteiger partial charge is 0.490 e. The second-order valence-electron chi connectivity index (χ2n) is 6.10. The zero-order valence-electron chi connectivity index (χ0n) is 15.5. The molecule has 1 aromatic rings. The van der Waals surface area contributed by atoms with Crippen molar-refractivity contribution >= 4 is 5.91 Å². The molecular formula is C19H30N2O4. The van der Waals surface area contributed by atoms with Crippen LogP contribution in [0.2, 0.25) is 0 Å². The molecule has 1 aliphatic heterocycles. The first kappa shape index (κ1) is 19.5. The van der Waals surface area contributed by atoms with E-state index in [1.54, 1.807) is 7.11 Å². The van der Waals surface area contributed by atoms with E-state index in [2.05, 4.69) is 10.6 Å². The summed E-state index contributed by atoms with van der Waals surface area (Å²) in [5, 5.41) is 6.28. The number of amides is 1. The molecule has 2 rings (SSSR count). The average molecular weight is 350 g/mol. The molecule has 0 atom stereocenters. The number of nitrogens with one attached hydrogen (secondary N) is 2. The predicted molar refractivity (Wildman–Crippen MR) is 97.3 cm³/mol. The Labute approximate surface area is 150 Å². The van der Waals surface area contributed by atoms with E-state index in [1.165, 1.54) is 0 Å². The Morgan fingerprint density at radius 2 is 1.84 bits per heavy atom. The number of ether oxygens (including phenoxy) is 3. The van der Waals surface area contributed by atoms with Crippen LogP contribution in [-0.4, -0.2) is 51.5 Å². The van der Waals surface area contributed by atoms with Crippen molar-refractivity contribution in [2.75, 3.05) is 40.0 Å². The van der Waals surface area contributed by atoms with Gasteiger partial charge in [-0.1, -0.05) is 6.07 Å². The molecule has 25 heavy (non-hydrogen) atoms. The van der Waals surface area contributed by atoms with Crippen LogP contribution in [0.1, 0.15) is 32.3 Å².